The van der Waals surface area contributed by atoms with Gasteiger partial charge in [0.1, 0.15) is 17.4 Å². The minimum Gasteiger partial charge on any atom is -0.365 e. The molecule has 1 unspecified atom stereocenters. The van der Waals surface area contributed by atoms with Gasteiger partial charge in [-0.15, -0.1) is 0 Å². The molecular weight excluding hydrogens is 480 g/mol. The Kier molecular flexibility index (Phi) is 6.69. The highest BCUT2D eigenvalue weighted by Crippen LogP contribution is 2.39. The predicted octanol–water partition coefficient (Wildman–Crippen LogP) is 2.60. The van der Waals surface area contributed by atoms with Crippen molar-refractivity contribution in [3.63, 3.8) is 0 Å². The number of alkyl halides is 2. The van der Waals surface area contributed by atoms with Crippen molar-refractivity contribution in [2.75, 3.05) is 54.4 Å². The van der Waals surface area contributed by atoms with Crippen LogP contribution in [0.25, 0.3) is 0 Å². The summed E-state index contributed by atoms with van der Waals surface area (Å²) in [5.74, 6) is -2.32. The van der Waals surface area contributed by atoms with Crippen LogP contribution in [0.1, 0.15) is 28.9 Å². The van der Waals surface area contributed by atoms with E-state index >= 15 is 4.39 Å². The summed E-state index contributed by atoms with van der Waals surface area (Å²) in [6.07, 6.45) is -1.04. The van der Waals surface area contributed by atoms with Crippen LogP contribution in [0.5, 0.6) is 0 Å². The van der Waals surface area contributed by atoms with Crippen LogP contribution in [0, 0.1) is 11.8 Å². The number of anilines is 3. The summed E-state index contributed by atoms with van der Waals surface area (Å²) in [5, 5.41) is 4.74. The first-order valence-corrected chi connectivity index (χ1v) is 11.9. The number of nitrogens with zero attached hydrogens (tertiary/aromatic N) is 4. The number of benzene rings is 1. The van der Waals surface area contributed by atoms with Crippen LogP contribution in [-0.2, 0) is 11.3 Å². The number of halogens is 4. The zero-order chi connectivity index (χ0) is 25.4. The highest BCUT2D eigenvalue weighted by atomic mass is 19.3. The van der Waals surface area contributed by atoms with E-state index in [1.165, 1.54) is 12.1 Å². The van der Waals surface area contributed by atoms with Gasteiger partial charge in [-0.25, -0.2) is 18.2 Å². The maximum Gasteiger partial charge on any atom is 0.270 e. The third-order valence-corrected chi connectivity index (χ3v) is 6.90. The quantitative estimate of drug-likeness (QED) is 0.463. The smallest absolute Gasteiger partial charge is 0.270 e. The molecule has 12 heteroatoms. The van der Waals surface area contributed by atoms with Gasteiger partial charge in [0.2, 0.25) is 11.9 Å². The molecule has 1 aromatic heterocycles. The van der Waals surface area contributed by atoms with Gasteiger partial charge in [0, 0.05) is 44.8 Å². The Morgan fingerprint density at radius 3 is 2.56 bits per heavy atom. The summed E-state index contributed by atoms with van der Waals surface area (Å²) in [5.41, 5.74) is 1.37. The van der Waals surface area contributed by atoms with Crippen molar-refractivity contribution >= 4 is 28.9 Å². The molecule has 36 heavy (non-hydrogen) atoms. The molecule has 2 saturated heterocycles. The number of aromatic nitrogens is 1. The van der Waals surface area contributed by atoms with Gasteiger partial charge in [0.25, 0.3) is 12.3 Å². The van der Waals surface area contributed by atoms with Gasteiger partial charge in [-0.1, -0.05) is 6.07 Å². The second-order valence-corrected chi connectivity index (χ2v) is 9.14. The van der Waals surface area contributed by atoms with E-state index in [0.29, 0.717) is 38.3 Å². The number of carbonyl (C=O) groups is 2. The number of hydrogen-bond acceptors (Lipinski definition) is 6. The van der Waals surface area contributed by atoms with E-state index < -0.39 is 30.6 Å². The van der Waals surface area contributed by atoms with Gasteiger partial charge >= 0.3 is 0 Å². The van der Waals surface area contributed by atoms with Gasteiger partial charge < -0.3 is 20.4 Å². The van der Waals surface area contributed by atoms with Crippen LogP contribution >= 0.6 is 0 Å². The van der Waals surface area contributed by atoms with Crippen molar-refractivity contribution in [1.82, 2.24) is 15.2 Å². The largest absolute Gasteiger partial charge is 0.365 e. The van der Waals surface area contributed by atoms with E-state index in [1.54, 1.807) is 11.0 Å². The number of nitrogens with one attached hydrogen (secondary N) is 2. The second-order valence-electron chi connectivity index (χ2n) is 9.14. The minimum atomic E-state index is -2.71. The molecule has 8 nitrogen and oxygen atoms in total. The van der Waals surface area contributed by atoms with Crippen molar-refractivity contribution in [3.8, 4) is 0 Å². The number of rotatable bonds is 6. The maximum atomic E-state index is 15.3. The molecular formula is C24H26F4N6O2. The molecule has 0 saturated carbocycles. The second kappa shape index (κ2) is 9.92. The van der Waals surface area contributed by atoms with Gasteiger partial charge in [0.15, 0.2) is 5.82 Å². The Labute approximate surface area is 205 Å². The normalized spacial score (nSPS) is 19.8. The zero-order valence-electron chi connectivity index (χ0n) is 19.4. The molecule has 5 rings (SSSR count). The molecule has 3 aliphatic rings. The molecule has 0 bridgehead atoms. The van der Waals surface area contributed by atoms with Crippen LogP contribution in [0.4, 0.5) is 34.6 Å². The van der Waals surface area contributed by atoms with Crippen LogP contribution in [0.3, 0.4) is 0 Å². The fourth-order valence-electron chi connectivity index (χ4n) is 5.06. The topological polar surface area (TPSA) is 80.8 Å². The van der Waals surface area contributed by atoms with Crippen LogP contribution in [-0.4, -0.2) is 73.4 Å². The lowest BCUT2D eigenvalue weighted by molar-refractivity contribution is -0.117. The number of fused-ring (bicyclic) bond motifs is 3. The number of piperazine rings is 1. The van der Waals surface area contributed by atoms with E-state index in [0.717, 1.165) is 25.1 Å². The average Bonchev–Trinajstić information content (AvgIpc) is 3.36. The molecule has 2 amide bonds. The zero-order valence-corrected chi connectivity index (χ0v) is 19.4. The Morgan fingerprint density at radius 2 is 1.83 bits per heavy atom. The summed E-state index contributed by atoms with van der Waals surface area (Å²) in [4.78, 5) is 33.6. The summed E-state index contributed by atoms with van der Waals surface area (Å²) in [6.45, 7) is 2.22. The van der Waals surface area contributed by atoms with Crippen molar-refractivity contribution in [1.29, 1.82) is 0 Å². The van der Waals surface area contributed by atoms with Crippen LogP contribution < -0.4 is 20.4 Å². The first-order valence-electron chi connectivity index (χ1n) is 11.9. The average molecular weight is 507 g/mol. The number of carbonyl (C=O) groups excluding carboxylic acids is 2. The Morgan fingerprint density at radius 1 is 1.08 bits per heavy atom. The molecule has 1 atom stereocenters. The first kappa shape index (κ1) is 24.3. The molecule has 0 aliphatic carbocycles. The lowest BCUT2D eigenvalue weighted by atomic mass is 10.1. The van der Waals surface area contributed by atoms with Crippen LogP contribution in [0.15, 0.2) is 24.3 Å². The number of pyridine rings is 1. The lowest BCUT2D eigenvalue weighted by Crippen LogP contribution is -2.46. The molecule has 2 N–H and O–H groups in total. The summed E-state index contributed by atoms with van der Waals surface area (Å²) in [7, 11) is 0. The lowest BCUT2D eigenvalue weighted by Gasteiger charge is -2.37. The molecule has 0 spiro atoms. The van der Waals surface area contributed by atoms with Crippen molar-refractivity contribution in [2.24, 2.45) is 0 Å². The van der Waals surface area contributed by atoms with Gasteiger partial charge in [0.05, 0.1) is 17.9 Å². The minimum absolute atomic E-state index is 0.169. The summed E-state index contributed by atoms with van der Waals surface area (Å²) < 4.78 is 54.5. The van der Waals surface area contributed by atoms with E-state index in [2.05, 4.69) is 10.3 Å². The highest BCUT2D eigenvalue weighted by molar-refractivity contribution is 6.04. The van der Waals surface area contributed by atoms with Gasteiger partial charge in [-0.3, -0.25) is 14.5 Å². The maximum absolute atomic E-state index is 15.3. The fraction of sp³-hybridized carbons (Fsp3) is 0.458. The number of amides is 2. The third-order valence-electron chi connectivity index (χ3n) is 6.90. The predicted molar refractivity (Wildman–Crippen MR) is 125 cm³/mol. The van der Waals surface area contributed by atoms with Crippen molar-refractivity contribution in [2.45, 2.75) is 31.9 Å². The Bertz CT molecular complexity index is 1170. The van der Waals surface area contributed by atoms with Crippen LogP contribution in [0.2, 0.25) is 0 Å². The SMILES string of the molecule is O=C(NCC(F)F)c1ccc(N2CCN(Cc3ccc4c(c3F)NC(=O)C3CCCN43)CC2)c(F)n1. The van der Waals surface area contributed by atoms with Gasteiger partial charge in [-0.2, -0.15) is 4.39 Å². The Hall–Kier alpha value is -3.41. The van der Waals surface area contributed by atoms with Crippen molar-refractivity contribution < 1.29 is 27.2 Å². The highest BCUT2D eigenvalue weighted by Gasteiger charge is 2.38. The first-order chi connectivity index (χ1) is 17.3. The monoisotopic (exact) mass is 506 g/mol. The van der Waals surface area contributed by atoms with E-state index in [4.69, 9.17) is 0 Å². The molecule has 3 aliphatic heterocycles. The molecule has 2 fully saturated rings. The van der Waals surface area contributed by atoms with E-state index in [-0.39, 0.29) is 29.0 Å². The summed E-state index contributed by atoms with van der Waals surface area (Å²) in [6, 6.07) is 6.10. The van der Waals surface area contributed by atoms with E-state index in [1.807, 2.05) is 21.2 Å². The molecule has 2 aromatic rings. The Balaban J connectivity index is 1.21. The van der Waals surface area contributed by atoms with Gasteiger partial charge in [-0.05, 0) is 31.0 Å². The van der Waals surface area contributed by atoms with E-state index in [9.17, 15) is 22.8 Å². The molecule has 4 heterocycles. The molecule has 1 aromatic carbocycles. The number of hydrogen-bond donors (Lipinski definition) is 2. The fourth-order valence-corrected chi connectivity index (χ4v) is 5.06. The molecule has 0 radical (unpaired) electrons. The summed E-state index contributed by atoms with van der Waals surface area (Å²) >= 11 is 0. The third kappa shape index (κ3) is 4.69. The standard InChI is InChI=1S/C24H26F4N6O2/c25-19(26)12-29-23(35)15-4-6-17(22(28)30-15)33-10-8-32(9-11-33)13-14-3-5-16-21(20(14)27)31-24(36)18-2-1-7-34(16)18/h3-6,18-19H,1-2,7-13H2,(H,29,35)(H,31,36). The molecule has 192 valence electrons. The van der Waals surface area contributed by atoms with Crippen molar-refractivity contribution in [3.05, 3.63) is 47.3 Å².